The number of phenols is 2. The Balaban J connectivity index is 1.52. The standard InChI is InChI=1S/C25H32O4/c1-3-17(21-9-14-24(27)18(4-2)15-21)16-25(28)29-23-12-7-20(8-13-23)19-5-10-22(26)11-6-19/h5-6,9-11,14-15,17,20,23,26-27H,3-4,7-8,12-13,16H2,1-2H3. The van der Waals surface area contributed by atoms with E-state index in [9.17, 15) is 15.0 Å². The smallest absolute Gasteiger partial charge is 0.306 e. The Morgan fingerprint density at radius 2 is 1.72 bits per heavy atom. The van der Waals surface area contributed by atoms with Gasteiger partial charge in [0.15, 0.2) is 0 Å². The molecule has 0 radical (unpaired) electrons. The lowest BCUT2D eigenvalue weighted by atomic mass is 9.82. The van der Waals surface area contributed by atoms with E-state index in [1.807, 2.05) is 31.2 Å². The fourth-order valence-corrected chi connectivity index (χ4v) is 4.34. The van der Waals surface area contributed by atoms with Gasteiger partial charge in [-0.15, -0.1) is 0 Å². The summed E-state index contributed by atoms with van der Waals surface area (Å²) in [5.41, 5.74) is 3.26. The van der Waals surface area contributed by atoms with Crippen LogP contribution in [0.2, 0.25) is 0 Å². The summed E-state index contributed by atoms with van der Waals surface area (Å²) in [7, 11) is 0. The maximum absolute atomic E-state index is 12.6. The Morgan fingerprint density at radius 1 is 1.03 bits per heavy atom. The van der Waals surface area contributed by atoms with Crippen LogP contribution < -0.4 is 0 Å². The van der Waals surface area contributed by atoms with E-state index in [0.717, 1.165) is 49.7 Å². The third-order valence-electron chi connectivity index (χ3n) is 6.20. The Hall–Kier alpha value is -2.49. The van der Waals surface area contributed by atoms with Crippen molar-refractivity contribution in [1.82, 2.24) is 0 Å². The molecular weight excluding hydrogens is 364 g/mol. The Kier molecular flexibility index (Phi) is 7.18. The van der Waals surface area contributed by atoms with Crippen molar-refractivity contribution in [3.05, 3.63) is 59.2 Å². The van der Waals surface area contributed by atoms with Crippen molar-refractivity contribution in [2.24, 2.45) is 0 Å². The topological polar surface area (TPSA) is 66.8 Å². The number of aromatic hydroxyl groups is 2. The second-order valence-electron chi connectivity index (χ2n) is 8.11. The van der Waals surface area contributed by atoms with Gasteiger partial charge in [0.25, 0.3) is 0 Å². The highest BCUT2D eigenvalue weighted by atomic mass is 16.5. The SMILES string of the molecule is CCc1cc(C(CC)CC(=O)OC2CCC(c3ccc(O)cc3)CC2)ccc1O. The van der Waals surface area contributed by atoms with Crippen LogP contribution in [0.5, 0.6) is 11.5 Å². The van der Waals surface area contributed by atoms with Crippen LogP contribution >= 0.6 is 0 Å². The Labute approximate surface area is 173 Å². The molecule has 29 heavy (non-hydrogen) atoms. The number of carbonyl (C=O) groups excluding carboxylic acids is 1. The summed E-state index contributed by atoms with van der Waals surface area (Å²) in [6.07, 6.45) is 5.76. The number of esters is 1. The minimum absolute atomic E-state index is 0.000563. The Bertz CT molecular complexity index is 804. The fourth-order valence-electron chi connectivity index (χ4n) is 4.34. The average molecular weight is 397 g/mol. The largest absolute Gasteiger partial charge is 0.508 e. The molecule has 0 heterocycles. The van der Waals surface area contributed by atoms with Crippen molar-refractivity contribution >= 4 is 5.97 Å². The first-order valence-electron chi connectivity index (χ1n) is 10.8. The van der Waals surface area contributed by atoms with E-state index in [2.05, 4.69) is 6.92 Å². The number of hydrogen-bond acceptors (Lipinski definition) is 4. The summed E-state index contributed by atoms with van der Waals surface area (Å²) in [5, 5.41) is 19.3. The molecule has 4 heteroatoms. The summed E-state index contributed by atoms with van der Waals surface area (Å²) < 4.78 is 5.80. The van der Waals surface area contributed by atoms with Gasteiger partial charge in [-0.2, -0.15) is 0 Å². The maximum Gasteiger partial charge on any atom is 0.306 e. The summed E-state index contributed by atoms with van der Waals surface area (Å²) in [6, 6.07) is 13.1. The lowest BCUT2D eigenvalue weighted by Crippen LogP contribution is -2.24. The molecule has 0 spiro atoms. The van der Waals surface area contributed by atoms with Crippen LogP contribution in [-0.4, -0.2) is 22.3 Å². The molecule has 4 nitrogen and oxygen atoms in total. The predicted molar refractivity (Wildman–Crippen MR) is 114 cm³/mol. The summed E-state index contributed by atoms with van der Waals surface area (Å²) >= 11 is 0. The molecule has 0 amide bonds. The molecule has 1 atom stereocenters. The van der Waals surface area contributed by atoms with E-state index in [4.69, 9.17) is 4.74 Å². The molecule has 2 aromatic carbocycles. The van der Waals surface area contributed by atoms with Gasteiger partial charge in [0, 0.05) is 0 Å². The molecule has 2 aromatic rings. The van der Waals surface area contributed by atoms with Gasteiger partial charge >= 0.3 is 5.97 Å². The number of carbonyl (C=O) groups is 1. The van der Waals surface area contributed by atoms with Crippen LogP contribution in [0.4, 0.5) is 0 Å². The summed E-state index contributed by atoms with van der Waals surface area (Å²) in [5.74, 6) is 1.07. The van der Waals surface area contributed by atoms with Crippen LogP contribution in [0.1, 0.15) is 80.9 Å². The molecule has 0 aromatic heterocycles. The first-order valence-corrected chi connectivity index (χ1v) is 10.8. The molecule has 1 unspecified atom stereocenters. The summed E-state index contributed by atoms with van der Waals surface area (Å²) in [6.45, 7) is 4.10. The van der Waals surface area contributed by atoms with Crippen LogP contribution in [0.3, 0.4) is 0 Å². The lowest BCUT2D eigenvalue weighted by Gasteiger charge is -2.29. The van der Waals surface area contributed by atoms with Crippen molar-refractivity contribution in [3.8, 4) is 11.5 Å². The van der Waals surface area contributed by atoms with Gasteiger partial charge in [-0.25, -0.2) is 0 Å². The normalized spacial score (nSPS) is 20.2. The van der Waals surface area contributed by atoms with Gasteiger partial charge < -0.3 is 14.9 Å². The number of rotatable bonds is 7. The number of phenolic OH excluding ortho intramolecular Hbond substituents is 2. The molecule has 0 bridgehead atoms. The van der Waals surface area contributed by atoms with Crippen molar-refractivity contribution < 1.29 is 19.7 Å². The van der Waals surface area contributed by atoms with Crippen molar-refractivity contribution in [2.75, 3.05) is 0 Å². The molecule has 0 saturated heterocycles. The first kappa shape index (κ1) is 21.2. The maximum atomic E-state index is 12.6. The zero-order valence-electron chi connectivity index (χ0n) is 17.4. The van der Waals surface area contributed by atoms with E-state index in [0.29, 0.717) is 23.8 Å². The van der Waals surface area contributed by atoms with Gasteiger partial charge in [0.1, 0.15) is 17.6 Å². The third kappa shape index (κ3) is 5.53. The van der Waals surface area contributed by atoms with Crippen molar-refractivity contribution in [1.29, 1.82) is 0 Å². The number of benzene rings is 2. The second-order valence-corrected chi connectivity index (χ2v) is 8.11. The van der Waals surface area contributed by atoms with E-state index >= 15 is 0 Å². The number of ether oxygens (including phenoxy) is 1. The number of hydrogen-bond donors (Lipinski definition) is 2. The monoisotopic (exact) mass is 396 g/mol. The quantitative estimate of drug-likeness (QED) is 0.579. The van der Waals surface area contributed by atoms with Crippen molar-refractivity contribution in [3.63, 3.8) is 0 Å². The van der Waals surface area contributed by atoms with Crippen LogP contribution in [0.25, 0.3) is 0 Å². The van der Waals surface area contributed by atoms with Crippen LogP contribution in [-0.2, 0) is 16.0 Å². The van der Waals surface area contributed by atoms with Gasteiger partial charge in [-0.3, -0.25) is 4.79 Å². The molecule has 0 aliphatic heterocycles. The minimum atomic E-state index is -0.129. The highest BCUT2D eigenvalue weighted by molar-refractivity contribution is 5.71. The highest BCUT2D eigenvalue weighted by Crippen LogP contribution is 2.35. The van der Waals surface area contributed by atoms with Crippen molar-refractivity contribution in [2.45, 2.75) is 76.7 Å². The zero-order valence-corrected chi connectivity index (χ0v) is 17.4. The third-order valence-corrected chi connectivity index (χ3v) is 6.20. The molecule has 1 saturated carbocycles. The lowest BCUT2D eigenvalue weighted by molar-refractivity contribution is -0.151. The number of aryl methyl sites for hydroxylation is 1. The fraction of sp³-hybridized carbons (Fsp3) is 0.480. The van der Waals surface area contributed by atoms with E-state index in [1.165, 1.54) is 5.56 Å². The van der Waals surface area contributed by atoms with Gasteiger partial charge in [-0.05, 0) is 85.3 Å². The highest BCUT2D eigenvalue weighted by Gasteiger charge is 2.26. The molecule has 1 aliphatic rings. The minimum Gasteiger partial charge on any atom is -0.508 e. The van der Waals surface area contributed by atoms with E-state index in [-0.39, 0.29) is 18.0 Å². The van der Waals surface area contributed by atoms with Gasteiger partial charge in [0.05, 0.1) is 6.42 Å². The average Bonchev–Trinajstić information content (AvgIpc) is 2.74. The van der Waals surface area contributed by atoms with Crippen LogP contribution in [0, 0.1) is 0 Å². The predicted octanol–water partition coefficient (Wildman–Crippen LogP) is 5.81. The molecule has 1 fully saturated rings. The molecule has 2 N–H and O–H groups in total. The Morgan fingerprint density at radius 3 is 2.34 bits per heavy atom. The molecule has 1 aliphatic carbocycles. The van der Waals surface area contributed by atoms with E-state index in [1.54, 1.807) is 18.2 Å². The molecule has 3 rings (SSSR count). The first-order chi connectivity index (χ1) is 14.0. The van der Waals surface area contributed by atoms with Crippen LogP contribution in [0.15, 0.2) is 42.5 Å². The zero-order chi connectivity index (χ0) is 20.8. The van der Waals surface area contributed by atoms with Gasteiger partial charge in [0.2, 0.25) is 0 Å². The van der Waals surface area contributed by atoms with Gasteiger partial charge in [-0.1, -0.05) is 38.1 Å². The molecule has 156 valence electrons. The molecular formula is C25H32O4. The second kappa shape index (κ2) is 9.82. The van der Waals surface area contributed by atoms with E-state index < -0.39 is 0 Å². The summed E-state index contributed by atoms with van der Waals surface area (Å²) in [4.78, 5) is 12.6.